The van der Waals surface area contributed by atoms with E-state index < -0.39 is 23.6 Å². The van der Waals surface area contributed by atoms with Gasteiger partial charge in [0.25, 0.3) is 0 Å². The van der Waals surface area contributed by atoms with E-state index in [0.29, 0.717) is 6.42 Å². The minimum atomic E-state index is -4.48. The van der Waals surface area contributed by atoms with Gasteiger partial charge in [0.15, 0.2) is 0 Å². The van der Waals surface area contributed by atoms with E-state index in [1.54, 1.807) is 0 Å². The van der Waals surface area contributed by atoms with Crippen molar-refractivity contribution in [3.8, 4) is 0 Å². The quantitative estimate of drug-likeness (QED) is 0.485. The van der Waals surface area contributed by atoms with Gasteiger partial charge in [-0.1, -0.05) is 19.8 Å². The van der Waals surface area contributed by atoms with E-state index in [4.69, 9.17) is 5.84 Å². The molecule has 1 aromatic carbocycles. The third-order valence-corrected chi connectivity index (χ3v) is 2.75. The van der Waals surface area contributed by atoms with Crippen LogP contribution in [0.2, 0.25) is 0 Å². The molecule has 0 saturated heterocycles. The van der Waals surface area contributed by atoms with Crippen molar-refractivity contribution in [3.05, 3.63) is 35.1 Å². The number of hydrogen-bond donors (Lipinski definition) is 2. The molecule has 2 nitrogen and oxygen atoms in total. The minimum absolute atomic E-state index is 0.0409. The summed E-state index contributed by atoms with van der Waals surface area (Å²) in [6, 6.07) is 1.77. The van der Waals surface area contributed by atoms with Crippen LogP contribution in [0.15, 0.2) is 18.2 Å². The van der Waals surface area contributed by atoms with Crippen LogP contribution in [0.4, 0.5) is 17.6 Å². The molecule has 18 heavy (non-hydrogen) atoms. The summed E-state index contributed by atoms with van der Waals surface area (Å²) in [5.41, 5.74) is 1.46. The Labute approximate surface area is 103 Å². The fraction of sp³-hybridized carbons (Fsp3) is 0.500. The van der Waals surface area contributed by atoms with Crippen molar-refractivity contribution in [1.82, 2.24) is 5.43 Å². The molecule has 1 unspecified atom stereocenters. The smallest absolute Gasteiger partial charge is 0.271 e. The van der Waals surface area contributed by atoms with Gasteiger partial charge >= 0.3 is 6.18 Å². The molecule has 0 aliphatic rings. The Balaban J connectivity index is 3.05. The second-order valence-electron chi connectivity index (χ2n) is 4.10. The first kappa shape index (κ1) is 14.9. The second-order valence-corrected chi connectivity index (χ2v) is 4.10. The van der Waals surface area contributed by atoms with Gasteiger partial charge in [-0.25, -0.2) is 4.39 Å². The Kier molecular flexibility index (Phi) is 5.10. The molecule has 0 spiro atoms. The summed E-state index contributed by atoms with van der Waals surface area (Å²) in [5.74, 6) is 4.60. The number of rotatable bonds is 5. The van der Waals surface area contributed by atoms with Crippen molar-refractivity contribution in [2.75, 3.05) is 0 Å². The summed E-state index contributed by atoms with van der Waals surface area (Å²) in [4.78, 5) is 0. The maximum absolute atomic E-state index is 13.6. The maximum atomic E-state index is 13.6. The van der Waals surface area contributed by atoms with Crippen LogP contribution in [0.25, 0.3) is 0 Å². The molecular weight excluding hydrogens is 248 g/mol. The van der Waals surface area contributed by atoms with Crippen molar-refractivity contribution in [3.63, 3.8) is 0 Å². The molecule has 0 amide bonds. The molecule has 0 radical (unpaired) electrons. The van der Waals surface area contributed by atoms with Crippen LogP contribution in [0.1, 0.15) is 43.4 Å². The van der Waals surface area contributed by atoms with Crippen molar-refractivity contribution in [1.29, 1.82) is 0 Å². The average molecular weight is 264 g/mol. The molecule has 1 atom stereocenters. The minimum Gasteiger partial charge on any atom is -0.271 e. The lowest BCUT2D eigenvalue weighted by atomic mass is 9.99. The Morgan fingerprint density at radius 2 is 2.00 bits per heavy atom. The van der Waals surface area contributed by atoms with Gasteiger partial charge in [0.2, 0.25) is 0 Å². The lowest BCUT2D eigenvalue weighted by Gasteiger charge is -2.18. The van der Waals surface area contributed by atoms with E-state index in [0.717, 1.165) is 31.0 Å². The second kappa shape index (κ2) is 6.15. The monoisotopic (exact) mass is 264 g/mol. The summed E-state index contributed by atoms with van der Waals surface area (Å²) in [6.45, 7) is 1.94. The third kappa shape index (κ3) is 3.68. The summed E-state index contributed by atoms with van der Waals surface area (Å²) >= 11 is 0. The Morgan fingerprint density at radius 1 is 1.33 bits per heavy atom. The first-order chi connectivity index (χ1) is 8.40. The maximum Gasteiger partial charge on any atom is 0.416 e. The number of unbranched alkanes of at least 4 members (excludes halogenated alkanes) is 1. The van der Waals surface area contributed by atoms with Gasteiger partial charge in [0.1, 0.15) is 5.82 Å². The summed E-state index contributed by atoms with van der Waals surface area (Å²) in [6.07, 6.45) is -2.37. The standard InChI is InChI=1S/C12H16F4N2/c1-2-3-4-11(18-17)9-7-8(12(14,15)16)5-6-10(9)13/h5-7,11,18H,2-4,17H2,1H3. The first-order valence-corrected chi connectivity index (χ1v) is 5.73. The Morgan fingerprint density at radius 3 is 2.50 bits per heavy atom. The number of nitrogens with two attached hydrogens (primary N) is 1. The molecule has 0 heterocycles. The molecule has 0 bridgehead atoms. The molecule has 6 heteroatoms. The summed E-state index contributed by atoms with van der Waals surface area (Å²) in [7, 11) is 0. The third-order valence-electron chi connectivity index (χ3n) is 2.75. The van der Waals surface area contributed by atoms with Crippen LogP contribution in [0.3, 0.4) is 0 Å². The number of alkyl halides is 3. The van der Waals surface area contributed by atoms with Crippen LogP contribution in [0, 0.1) is 5.82 Å². The predicted molar refractivity (Wildman–Crippen MR) is 61.0 cm³/mol. The largest absolute Gasteiger partial charge is 0.416 e. The highest BCUT2D eigenvalue weighted by Gasteiger charge is 2.31. The van der Waals surface area contributed by atoms with Gasteiger partial charge in [0.05, 0.1) is 5.56 Å². The van der Waals surface area contributed by atoms with E-state index in [1.165, 1.54) is 0 Å². The van der Waals surface area contributed by atoms with E-state index in [9.17, 15) is 17.6 Å². The normalized spacial score (nSPS) is 13.7. The number of nitrogens with one attached hydrogen (secondary N) is 1. The molecule has 1 rings (SSSR count). The SMILES string of the molecule is CCCCC(NN)c1cc(C(F)(F)F)ccc1F. The lowest BCUT2D eigenvalue weighted by molar-refractivity contribution is -0.137. The van der Waals surface area contributed by atoms with Gasteiger partial charge in [-0.2, -0.15) is 13.2 Å². The Hall–Kier alpha value is -1.14. The molecule has 0 aromatic heterocycles. The average Bonchev–Trinajstić information content (AvgIpc) is 2.30. The molecule has 1 aromatic rings. The molecule has 0 aliphatic carbocycles. The topological polar surface area (TPSA) is 38.0 Å². The van der Waals surface area contributed by atoms with Crippen molar-refractivity contribution >= 4 is 0 Å². The highest BCUT2D eigenvalue weighted by atomic mass is 19.4. The van der Waals surface area contributed by atoms with Crippen molar-refractivity contribution in [2.24, 2.45) is 5.84 Å². The summed E-state index contributed by atoms with van der Waals surface area (Å²) in [5, 5.41) is 0. The fourth-order valence-electron chi connectivity index (χ4n) is 1.72. The Bertz CT molecular complexity index is 390. The molecule has 0 fully saturated rings. The number of hydrogen-bond acceptors (Lipinski definition) is 2. The van der Waals surface area contributed by atoms with Gasteiger partial charge in [-0.3, -0.25) is 11.3 Å². The molecule has 0 saturated carbocycles. The number of benzene rings is 1. The first-order valence-electron chi connectivity index (χ1n) is 5.73. The van der Waals surface area contributed by atoms with Crippen LogP contribution in [-0.4, -0.2) is 0 Å². The van der Waals surface area contributed by atoms with Crippen LogP contribution in [0.5, 0.6) is 0 Å². The zero-order valence-electron chi connectivity index (χ0n) is 10.0. The molecule has 0 aliphatic heterocycles. The number of halogens is 4. The van der Waals surface area contributed by atoms with E-state index in [1.807, 2.05) is 6.92 Å². The van der Waals surface area contributed by atoms with Gasteiger partial charge in [0, 0.05) is 11.6 Å². The van der Waals surface area contributed by atoms with E-state index >= 15 is 0 Å². The van der Waals surface area contributed by atoms with Crippen LogP contribution >= 0.6 is 0 Å². The summed E-state index contributed by atoms with van der Waals surface area (Å²) < 4.78 is 51.2. The lowest BCUT2D eigenvalue weighted by Crippen LogP contribution is -2.29. The van der Waals surface area contributed by atoms with Crippen molar-refractivity contribution in [2.45, 2.75) is 38.4 Å². The van der Waals surface area contributed by atoms with Gasteiger partial charge < -0.3 is 0 Å². The number of hydrazine groups is 1. The van der Waals surface area contributed by atoms with Crippen LogP contribution in [-0.2, 0) is 6.18 Å². The zero-order chi connectivity index (χ0) is 13.8. The fourth-order valence-corrected chi connectivity index (χ4v) is 1.72. The predicted octanol–water partition coefficient (Wildman–Crippen LogP) is 3.54. The highest BCUT2D eigenvalue weighted by molar-refractivity contribution is 5.29. The van der Waals surface area contributed by atoms with E-state index in [2.05, 4.69) is 5.43 Å². The molecular formula is C12H16F4N2. The van der Waals surface area contributed by atoms with Crippen molar-refractivity contribution < 1.29 is 17.6 Å². The van der Waals surface area contributed by atoms with Crippen LogP contribution < -0.4 is 11.3 Å². The van der Waals surface area contributed by atoms with E-state index in [-0.39, 0.29) is 5.56 Å². The van der Waals surface area contributed by atoms with Gasteiger partial charge in [-0.15, -0.1) is 0 Å². The zero-order valence-corrected chi connectivity index (χ0v) is 10.0. The molecule has 3 N–H and O–H groups in total. The molecule has 102 valence electrons. The van der Waals surface area contributed by atoms with Gasteiger partial charge in [-0.05, 0) is 24.6 Å². The highest BCUT2D eigenvalue weighted by Crippen LogP contribution is 2.32.